The molecule has 0 amide bonds. The Morgan fingerprint density at radius 2 is 2.00 bits per heavy atom. The summed E-state index contributed by atoms with van der Waals surface area (Å²) in [6, 6.07) is 0. The van der Waals surface area contributed by atoms with Crippen molar-refractivity contribution in [1.29, 1.82) is 0 Å². The second kappa shape index (κ2) is 6.11. The number of fused-ring (bicyclic) bond motifs is 1. The third kappa shape index (κ3) is 3.39. The lowest BCUT2D eigenvalue weighted by molar-refractivity contribution is -0.170. The Balaban J connectivity index is 1.61. The Kier molecular flexibility index (Phi) is 4.27. The Hall–Kier alpha value is -2.05. The van der Waals surface area contributed by atoms with Gasteiger partial charge < -0.3 is 18.9 Å². The van der Waals surface area contributed by atoms with E-state index in [2.05, 4.69) is 6.58 Å². The van der Waals surface area contributed by atoms with Gasteiger partial charge in [-0.15, -0.1) is 0 Å². The van der Waals surface area contributed by atoms with Crippen molar-refractivity contribution in [2.75, 3.05) is 0 Å². The largest absolute Gasteiger partial charge is 0.511 e. The van der Waals surface area contributed by atoms with Crippen LogP contribution in [0.2, 0.25) is 0 Å². The summed E-state index contributed by atoms with van der Waals surface area (Å²) in [4.78, 5) is 35.5. The van der Waals surface area contributed by atoms with E-state index >= 15 is 0 Å². The van der Waals surface area contributed by atoms with E-state index in [1.165, 1.54) is 13.8 Å². The van der Waals surface area contributed by atoms with Gasteiger partial charge in [0.05, 0.1) is 5.92 Å². The minimum Gasteiger partial charge on any atom is -0.462 e. The average molecular weight is 338 g/mol. The normalized spacial score (nSPS) is 34.8. The minimum absolute atomic E-state index is 0.190. The summed E-state index contributed by atoms with van der Waals surface area (Å²) in [5.74, 6) is -0.728. The predicted octanol–water partition coefficient (Wildman–Crippen LogP) is 2.48. The number of carbonyl (C=O) groups is 3. The molecule has 5 atom stereocenters. The number of hydrogen-bond acceptors (Lipinski definition) is 7. The molecule has 132 valence electrons. The van der Waals surface area contributed by atoms with E-state index in [9.17, 15) is 14.4 Å². The molecule has 2 aliphatic heterocycles. The van der Waals surface area contributed by atoms with Crippen molar-refractivity contribution < 1.29 is 33.3 Å². The molecule has 0 radical (unpaired) electrons. The molecule has 0 spiro atoms. The maximum absolute atomic E-state index is 12.1. The second-order valence-corrected chi connectivity index (χ2v) is 7.11. The first-order chi connectivity index (χ1) is 11.3. The molecule has 0 aromatic heterocycles. The molecule has 4 rings (SSSR count). The SMILES string of the molecule is C=C(C)C(=O)OC(C)OC(=O)OC12CC3CC(C1)OC(=O)C(C3)C2. The number of hydrogen-bond donors (Lipinski definition) is 0. The van der Waals surface area contributed by atoms with Gasteiger partial charge in [0.2, 0.25) is 6.29 Å². The quantitative estimate of drug-likeness (QED) is 0.337. The van der Waals surface area contributed by atoms with Gasteiger partial charge in [-0.05, 0) is 32.1 Å². The molecular formula is C17H22O7. The fourth-order valence-electron chi connectivity index (χ4n) is 4.11. The predicted molar refractivity (Wildman–Crippen MR) is 80.6 cm³/mol. The summed E-state index contributed by atoms with van der Waals surface area (Å²) in [5.41, 5.74) is -0.510. The zero-order valence-electron chi connectivity index (χ0n) is 13.9. The fourth-order valence-corrected chi connectivity index (χ4v) is 4.11. The number of esters is 2. The zero-order chi connectivity index (χ0) is 17.5. The monoisotopic (exact) mass is 338 g/mol. The lowest BCUT2D eigenvalue weighted by Gasteiger charge is -2.45. The number of rotatable bonds is 4. The van der Waals surface area contributed by atoms with Crippen LogP contribution in [0.4, 0.5) is 4.79 Å². The third-order valence-corrected chi connectivity index (χ3v) is 4.89. The van der Waals surface area contributed by atoms with Crippen LogP contribution < -0.4 is 0 Å². The minimum atomic E-state index is -1.07. The molecule has 0 aromatic rings. The van der Waals surface area contributed by atoms with Crippen molar-refractivity contribution in [3.05, 3.63) is 12.2 Å². The first kappa shape index (κ1) is 16.8. The topological polar surface area (TPSA) is 88.1 Å². The molecule has 4 bridgehead atoms. The van der Waals surface area contributed by atoms with E-state index in [4.69, 9.17) is 18.9 Å². The van der Waals surface area contributed by atoms with Gasteiger partial charge in [-0.3, -0.25) is 4.79 Å². The van der Waals surface area contributed by atoms with Gasteiger partial charge >= 0.3 is 18.1 Å². The average Bonchev–Trinajstić information content (AvgIpc) is 2.59. The molecule has 5 unspecified atom stereocenters. The van der Waals surface area contributed by atoms with Crippen LogP contribution >= 0.6 is 0 Å². The van der Waals surface area contributed by atoms with Gasteiger partial charge in [0.1, 0.15) is 11.7 Å². The van der Waals surface area contributed by atoms with Crippen LogP contribution in [0.5, 0.6) is 0 Å². The Bertz CT molecular complexity index is 583. The van der Waals surface area contributed by atoms with Crippen molar-refractivity contribution in [3.63, 3.8) is 0 Å². The van der Waals surface area contributed by atoms with Gasteiger partial charge in [0.25, 0.3) is 0 Å². The van der Waals surface area contributed by atoms with Crippen LogP contribution in [0, 0.1) is 11.8 Å². The lowest BCUT2D eigenvalue weighted by atomic mass is 9.65. The van der Waals surface area contributed by atoms with Crippen LogP contribution in [0.25, 0.3) is 0 Å². The zero-order valence-corrected chi connectivity index (χ0v) is 13.9. The van der Waals surface area contributed by atoms with E-state index < -0.39 is 24.0 Å². The van der Waals surface area contributed by atoms with Crippen molar-refractivity contribution in [2.45, 2.75) is 63.9 Å². The Labute approximate surface area is 140 Å². The maximum Gasteiger partial charge on any atom is 0.511 e. The highest BCUT2D eigenvalue weighted by atomic mass is 16.8. The van der Waals surface area contributed by atoms with Crippen molar-refractivity contribution in [1.82, 2.24) is 0 Å². The van der Waals surface area contributed by atoms with Crippen molar-refractivity contribution in [2.24, 2.45) is 11.8 Å². The Morgan fingerprint density at radius 1 is 1.25 bits per heavy atom. The van der Waals surface area contributed by atoms with Gasteiger partial charge in [-0.1, -0.05) is 6.58 Å². The van der Waals surface area contributed by atoms with E-state index in [0.717, 1.165) is 12.8 Å². The summed E-state index contributed by atoms with van der Waals surface area (Å²) in [7, 11) is 0. The van der Waals surface area contributed by atoms with Crippen LogP contribution in [-0.4, -0.2) is 36.1 Å². The lowest BCUT2D eigenvalue weighted by Crippen LogP contribution is -2.48. The Morgan fingerprint density at radius 3 is 2.71 bits per heavy atom. The summed E-state index contributed by atoms with van der Waals surface area (Å²) in [5, 5.41) is 0. The molecule has 4 fully saturated rings. The van der Waals surface area contributed by atoms with Crippen LogP contribution in [0.1, 0.15) is 46.0 Å². The van der Waals surface area contributed by atoms with Crippen LogP contribution in [-0.2, 0) is 28.5 Å². The highest BCUT2D eigenvalue weighted by molar-refractivity contribution is 5.87. The summed E-state index contributed by atoms with van der Waals surface area (Å²) >= 11 is 0. The molecule has 0 N–H and O–H groups in total. The molecule has 4 aliphatic rings. The fraction of sp³-hybridized carbons (Fsp3) is 0.706. The molecule has 7 nitrogen and oxygen atoms in total. The highest BCUT2D eigenvalue weighted by Crippen LogP contribution is 2.51. The molecule has 2 aliphatic carbocycles. The second-order valence-electron chi connectivity index (χ2n) is 7.11. The standard InChI is InChI=1S/C17H22O7/c1-9(2)14(18)21-10(3)22-16(20)24-17-6-11-4-12(7-17)15(19)23-13(5-11)8-17/h10-13H,1,4-8H2,2-3H3. The van der Waals surface area contributed by atoms with E-state index in [-0.39, 0.29) is 23.6 Å². The van der Waals surface area contributed by atoms with Crippen LogP contribution in [0.15, 0.2) is 12.2 Å². The van der Waals surface area contributed by atoms with E-state index in [1.807, 2.05) is 0 Å². The molecule has 2 saturated carbocycles. The number of carbonyl (C=O) groups excluding carboxylic acids is 3. The van der Waals surface area contributed by atoms with Gasteiger partial charge in [-0.2, -0.15) is 0 Å². The summed E-state index contributed by atoms with van der Waals surface area (Å²) < 4.78 is 20.9. The van der Waals surface area contributed by atoms with Gasteiger partial charge in [0.15, 0.2) is 0 Å². The van der Waals surface area contributed by atoms with Gasteiger partial charge in [-0.25, -0.2) is 9.59 Å². The first-order valence-corrected chi connectivity index (χ1v) is 8.23. The third-order valence-electron chi connectivity index (χ3n) is 4.89. The summed E-state index contributed by atoms with van der Waals surface area (Å²) in [6.45, 7) is 6.39. The molecule has 7 heteroatoms. The maximum atomic E-state index is 12.1. The molecule has 2 saturated heterocycles. The molecule has 2 heterocycles. The van der Waals surface area contributed by atoms with Crippen molar-refractivity contribution >= 4 is 18.1 Å². The van der Waals surface area contributed by atoms with Gasteiger partial charge in [0, 0.05) is 25.3 Å². The molecule has 0 aromatic carbocycles. The molecular weight excluding hydrogens is 316 g/mol. The summed E-state index contributed by atoms with van der Waals surface area (Å²) in [6.07, 6.45) is 1.13. The van der Waals surface area contributed by atoms with Crippen LogP contribution in [0.3, 0.4) is 0 Å². The number of ether oxygens (including phenoxy) is 4. The van der Waals surface area contributed by atoms with E-state index in [0.29, 0.717) is 25.2 Å². The van der Waals surface area contributed by atoms with E-state index in [1.54, 1.807) is 0 Å². The first-order valence-electron chi connectivity index (χ1n) is 8.23. The van der Waals surface area contributed by atoms with Crippen molar-refractivity contribution in [3.8, 4) is 0 Å². The highest BCUT2D eigenvalue weighted by Gasteiger charge is 2.55. The smallest absolute Gasteiger partial charge is 0.462 e. The molecule has 24 heavy (non-hydrogen) atoms.